The number of nitro benzene ring substituents is 1. The molecule has 0 aliphatic carbocycles. The van der Waals surface area contributed by atoms with Gasteiger partial charge in [-0.15, -0.1) is 0 Å². The predicted octanol–water partition coefficient (Wildman–Crippen LogP) is 5.48. The second-order valence-corrected chi connectivity index (χ2v) is 11.2. The smallest absolute Gasteiger partial charge is 0.269 e. The third kappa shape index (κ3) is 6.64. The summed E-state index contributed by atoms with van der Waals surface area (Å²) < 4.78 is 0. The molecular weight excluding hydrogens is 467 g/mol. The van der Waals surface area contributed by atoms with Crippen LogP contribution in [0.15, 0.2) is 115 Å². The van der Waals surface area contributed by atoms with Crippen LogP contribution in [-0.2, 0) is 0 Å². The molecule has 0 aromatic heterocycles. The molecule has 0 fully saturated rings. The minimum absolute atomic E-state index is 0.0227. The van der Waals surface area contributed by atoms with Gasteiger partial charge in [0.25, 0.3) is 5.69 Å². The average molecular weight is 499 g/mol. The van der Waals surface area contributed by atoms with Gasteiger partial charge in [0.1, 0.15) is 0 Å². The lowest BCUT2D eigenvalue weighted by atomic mass is 9.88. The van der Waals surface area contributed by atoms with Crippen LogP contribution in [0.1, 0.15) is 23.1 Å². The standard InChI is InChI=1S/C30H31N2O3P/c1-31(21-22-36(27-13-7-3-8-14-27)28-15-9-4-10-16-28)23-29(24-11-5-2-6-12-24)30(33)25-17-19-26(20-18-25)32(34)35/h2-20,29-30,33H,21-23H2,1H3. The monoisotopic (exact) mass is 498 g/mol. The highest BCUT2D eigenvalue weighted by Crippen LogP contribution is 2.35. The van der Waals surface area contributed by atoms with Gasteiger partial charge in [-0.2, -0.15) is 0 Å². The highest BCUT2D eigenvalue weighted by Gasteiger charge is 2.25. The number of nitrogens with zero attached hydrogens (tertiary/aromatic N) is 2. The minimum Gasteiger partial charge on any atom is -0.388 e. The van der Waals surface area contributed by atoms with Crippen molar-refractivity contribution in [2.24, 2.45) is 0 Å². The third-order valence-corrected chi connectivity index (χ3v) is 8.89. The SMILES string of the molecule is CN(CCP(c1ccccc1)c1ccccc1)CC(c1ccccc1)C(O)c1ccc([N+](=O)[O-])cc1. The second-order valence-electron chi connectivity index (χ2n) is 8.90. The summed E-state index contributed by atoms with van der Waals surface area (Å²) in [6.07, 6.45) is 0.232. The van der Waals surface area contributed by atoms with Crippen molar-refractivity contribution in [2.75, 3.05) is 26.3 Å². The van der Waals surface area contributed by atoms with E-state index in [9.17, 15) is 15.2 Å². The van der Waals surface area contributed by atoms with Gasteiger partial charge in [-0.3, -0.25) is 10.1 Å². The molecule has 0 heterocycles. The number of rotatable bonds is 11. The Labute approximate surface area is 213 Å². The highest BCUT2D eigenvalue weighted by molar-refractivity contribution is 7.73. The van der Waals surface area contributed by atoms with Crippen molar-refractivity contribution < 1.29 is 10.0 Å². The van der Waals surface area contributed by atoms with E-state index < -0.39 is 18.9 Å². The van der Waals surface area contributed by atoms with E-state index in [1.807, 2.05) is 30.3 Å². The molecule has 4 aromatic rings. The topological polar surface area (TPSA) is 66.6 Å². The maximum atomic E-state index is 11.4. The number of nitro groups is 1. The minimum atomic E-state index is -0.777. The maximum Gasteiger partial charge on any atom is 0.269 e. The Bertz CT molecular complexity index is 1180. The molecule has 36 heavy (non-hydrogen) atoms. The van der Waals surface area contributed by atoms with Crippen LogP contribution in [0.25, 0.3) is 0 Å². The zero-order valence-electron chi connectivity index (χ0n) is 20.4. The third-order valence-electron chi connectivity index (χ3n) is 6.40. The van der Waals surface area contributed by atoms with Crippen LogP contribution in [0.4, 0.5) is 5.69 Å². The Morgan fingerprint density at radius 1 is 0.778 bits per heavy atom. The van der Waals surface area contributed by atoms with Crippen LogP contribution < -0.4 is 10.6 Å². The Hall–Kier alpha value is -3.37. The van der Waals surface area contributed by atoms with E-state index in [1.54, 1.807) is 12.1 Å². The summed E-state index contributed by atoms with van der Waals surface area (Å²) in [5, 5.41) is 25.1. The molecule has 4 rings (SSSR count). The molecule has 5 nitrogen and oxygen atoms in total. The van der Waals surface area contributed by atoms with E-state index in [0.29, 0.717) is 12.1 Å². The molecule has 0 saturated heterocycles. The number of hydrogen-bond acceptors (Lipinski definition) is 4. The van der Waals surface area contributed by atoms with E-state index in [0.717, 1.165) is 18.3 Å². The van der Waals surface area contributed by atoms with Gasteiger partial charge >= 0.3 is 0 Å². The predicted molar refractivity (Wildman–Crippen MR) is 149 cm³/mol. The van der Waals surface area contributed by atoms with Crippen molar-refractivity contribution in [1.29, 1.82) is 0 Å². The molecule has 0 aliphatic heterocycles. The molecule has 184 valence electrons. The molecule has 0 spiro atoms. The van der Waals surface area contributed by atoms with E-state index in [1.165, 1.54) is 22.7 Å². The number of hydrogen-bond donors (Lipinski definition) is 1. The normalized spacial score (nSPS) is 13.0. The highest BCUT2D eigenvalue weighted by atomic mass is 31.1. The van der Waals surface area contributed by atoms with Gasteiger partial charge in [-0.1, -0.05) is 91.0 Å². The fraction of sp³-hybridized carbons (Fsp3) is 0.200. The van der Waals surface area contributed by atoms with Crippen LogP contribution in [0.5, 0.6) is 0 Å². The summed E-state index contributed by atoms with van der Waals surface area (Å²) >= 11 is 0. The Balaban J connectivity index is 1.51. The Morgan fingerprint density at radius 2 is 1.28 bits per heavy atom. The fourth-order valence-corrected chi connectivity index (χ4v) is 6.85. The van der Waals surface area contributed by atoms with Gasteiger partial charge in [0, 0.05) is 31.1 Å². The van der Waals surface area contributed by atoms with Gasteiger partial charge < -0.3 is 10.0 Å². The van der Waals surface area contributed by atoms with Gasteiger partial charge in [-0.05, 0) is 55.0 Å². The van der Waals surface area contributed by atoms with E-state index in [-0.39, 0.29) is 11.6 Å². The average Bonchev–Trinajstić information content (AvgIpc) is 2.93. The molecule has 0 bridgehead atoms. The van der Waals surface area contributed by atoms with Gasteiger partial charge in [-0.25, -0.2) is 0 Å². The number of non-ortho nitro benzene ring substituents is 1. The maximum absolute atomic E-state index is 11.4. The lowest BCUT2D eigenvalue weighted by molar-refractivity contribution is -0.384. The molecule has 2 atom stereocenters. The van der Waals surface area contributed by atoms with Crippen LogP contribution in [0.2, 0.25) is 0 Å². The fourth-order valence-electron chi connectivity index (χ4n) is 4.43. The van der Waals surface area contributed by atoms with Crippen molar-refractivity contribution in [3.05, 3.63) is 137 Å². The molecule has 4 aromatic carbocycles. The van der Waals surface area contributed by atoms with Gasteiger partial charge in [0.2, 0.25) is 0 Å². The number of aliphatic hydroxyl groups is 1. The van der Waals surface area contributed by atoms with Gasteiger partial charge in [0.05, 0.1) is 11.0 Å². The van der Waals surface area contributed by atoms with Crippen molar-refractivity contribution in [1.82, 2.24) is 4.90 Å². The lowest BCUT2D eigenvalue weighted by Crippen LogP contribution is -2.31. The number of benzene rings is 4. The summed E-state index contributed by atoms with van der Waals surface area (Å²) in [6.45, 7) is 1.54. The van der Waals surface area contributed by atoms with Gasteiger partial charge in [0.15, 0.2) is 0 Å². The molecular formula is C30H31N2O3P. The zero-order valence-corrected chi connectivity index (χ0v) is 21.2. The summed E-state index contributed by atoms with van der Waals surface area (Å²) in [4.78, 5) is 12.9. The van der Waals surface area contributed by atoms with Crippen molar-refractivity contribution in [2.45, 2.75) is 12.0 Å². The summed E-state index contributed by atoms with van der Waals surface area (Å²) in [5.74, 6) is -0.169. The number of likely N-dealkylation sites (N-methyl/N-ethyl adjacent to an activating group) is 1. The summed E-state index contributed by atoms with van der Waals surface area (Å²) in [6, 6.07) is 37.6. The van der Waals surface area contributed by atoms with Crippen LogP contribution in [-0.4, -0.2) is 41.2 Å². The van der Waals surface area contributed by atoms with Crippen LogP contribution in [0, 0.1) is 10.1 Å². The quantitative estimate of drug-likeness (QED) is 0.169. The van der Waals surface area contributed by atoms with E-state index in [2.05, 4.69) is 72.6 Å². The molecule has 6 heteroatoms. The Morgan fingerprint density at radius 3 is 1.78 bits per heavy atom. The van der Waals surface area contributed by atoms with E-state index >= 15 is 0 Å². The van der Waals surface area contributed by atoms with Crippen molar-refractivity contribution in [3.8, 4) is 0 Å². The first-order valence-corrected chi connectivity index (χ1v) is 13.6. The van der Waals surface area contributed by atoms with Crippen LogP contribution in [0.3, 0.4) is 0 Å². The van der Waals surface area contributed by atoms with Crippen LogP contribution >= 0.6 is 7.92 Å². The molecule has 2 unspecified atom stereocenters. The largest absolute Gasteiger partial charge is 0.388 e. The summed E-state index contributed by atoms with van der Waals surface area (Å²) in [7, 11) is 1.60. The molecule has 0 aliphatic rings. The zero-order chi connectivity index (χ0) is 25.3. The lowest BCUT2D eigenvalue weighted by Gasteiger charge is -2.30. The van der Waals surface area contributed by atoms with Crippen molar-refractivity contribution in [3.63, 3.8) is 0 Å². The first-order valence-electron chi connectivity index (χ1n) is 12.1. The van der Waals surface area contributed by atoms with Crippen molar-refractivity contribution >= 4 is 24.2 Å². The summed E-state index contributed by atoms with van der Waals surface area (Å²) in [5.41, 5.74) is 1.75. The first-order chi connectivity index (χ1) is 17.5. The molecule has 0 radical (unpaired) electrons. The van der Waals surface area contributed by atoms with E-state index in [4.69, 9.17) is 0 Å². The molecule has 0 amide bonds. The number of aliphatic hydroxyl groups excluding tert-OH is 1. The first kappa shape index (κ1) is 25.7. The molecule has 1 N–H and O–H groups in total. The Kier molecular flexibility index (Phi) is 8.96. The molecule has 0 saturated carbocycles. The second kappa shape index (κ2) is 12.5.